The van der Waals surface area contributed by atoms with E-state index in [1.165, 1.54) is 6.07 Å². The molecule has 0 unspecified atom stereocenters. The van der Waals surface area contributed by atoms with Crippen molar-refractivity contribution in [2.75, 3.05) is 36.9 Å². The van der Waals surface area contributed by atoms with Gasteiger partial charge in [-0.3, -0.25) is 0 Å². The van der Waals surface area contributed by atoms with E-state index in [4.69, 9.17) is 15.6 Å². The monoisotopic (exact) mass is 271 g/mol. The first kappa shape index (κ1) is 13.1. The maximum absolute atomic E-state index is 11.4. The third-order valence-corrected chi connectivity index (χ3v) is 3.88. The third kappa shape index (κ3) is 2.74. The van der Waals surface area contributed by atoms with Crippen molar-refractivity contribution in [2.24, 2.45) is 5.14 Å². The molecule has 1 aliphatic rings. The van der Waals surface area contributed by atoms with Crippen molar-refractivity contribution in [3.63, 3.8) is 0 Å². The maximum atomic E-state index is 11.4. The molecule has 1 aromatic carbocycles. The molecule has 1 fully saturated rings. The molecule has 0 radical (unpaired) electrons. The minimum atomic E-state index is -3.79. The standard InChI is InChI=1S/C11H17N3O3S/c12-11-9(14-5-2-7-17-8-6-14)3-1-4-10(11)18(13,15)16/h1,3-4H,2,5-8,12H2,(H2,13,15,16). The molecular formula is C11H17N3O3S. The predicted octanol–water partition coefficient (Wildman–Crippen LogP) is 0.143. The summed E-state index contributed by atoms with van der Waals surface area (Å²) in [4.78, 5) is 2.00. The summed E-state index contributed by atoms with van der Waals surface area (Å²) in [6.45, 7) is 2.81. The number of sulfonamides is 1. The molecule has 0 spiro atoms. The van der Waals surface area contributed by atoms with Gasteiger partial charge in [0, 0.05) is 19.7 Å². The zero-order valence-electron chi connectivity index (χ0n) is 10.0. The van der Waals surface area contributed by atoms with E-state index < -0.39 is 10.0 Å². The van der Waals surface area contributed by atoms with Crippen molar-refractivity contribution < 1.29 is 13.2 Å². The Hall–Kier alpha value is -1.31. The average molecular weight is 271 g/mol. The number of primary sulfonamides is 1. The van der Waals surface area contributed by atoms with Gasteiger partial charge in [0.1, 0.15) is 4.90 Å². The number of ether oxygens (including phenoxy) is 1. The summed E-state index contributed by atoms with van der Waals surface area (Å²) in [7, 11) is -3.79. The average Bonchev–Trinajstić information content (AvgIpc) is 2.56. The number of rotatable bonds is 2. The molecule has 18 heavy (non-hydrogen) atoms. The van der Waals surface area contributed by atoms with Crippen LogP contribution in [-0.2, 0) is 14.8 Å². The highest BCUT2D eigenvalue weighted by atomic mass is 32.2. The number of benzene rings is 1. The van der Waals surface area contributed by atoms with Gasteiger partial charge < -0.3 is 15.4 Å². The van der Waals surface area contributed by atoms with Crippen molar-refractivity contribution in [3.8, 4) is 0 Å². The van der Waals surface area contributed by atoms with Crippen LogP contribution >= 0.6 is 0 Å². The molecule has 1 aliphatic heterocycles. The van der Waals surface area contributed by atoms with Crippen molar-refractivity contribution in [2.45, 2.75) is 11.3 Å². The van der Waals surface area contributed by atoms with Gasteiger partial charge in [0.15, 0.2) is 0 Å². The molecule has 1 heterocycles. The van der Waals surface area contributed by atoms with E-state index in [9.17, 15) is 8.42 Å². The Labute approximate surface area is 107 Å². The van der Waals surface area contributed by atoms with E-state index in [2.05, 4.69) is 0 Å². The summed E-state index contributed by atoms with van der Waals surface area (Å²) in [5.74, 6) is 0. The van der Waals surface area contributed by atoms with Gasteiger partial charge >= 0.3 is 0 Å². The zero-order chi connectivity index (χ0) is 13.2. The first-order valence-electron chi connectivity index (χ1n) is 5.74. The zero-order valence-corrected chi connectivity index (χ0v) is 10.8. The molecule has 0 aliphatic carbocycles. The van der Waals surface area contributed by atoms with Gasteiger partial charge in [-0.1, -0.05) is 6.07 Å². The fourth-order valence-electron chi connectivity index (χ4n) is 2.04. The predicted molar refractivity (Wildman–Crippen MR) is 69.9 cm³/mol. The largest absolute Gasteiger partial charge is 0.396 e. The van der Waals surface area contributed by atoms with Crippen molar-refractivity contribution in [1.82, 2.24) is 0 Å². The van der Waals surface area contributed by atoms with E-state index in [1.54, 1.807) is 12.1 Å². The molecule has 0 bridgehead atoms. The number of anilines is 2. The Morgan fingerprint density at radius 1 is 1.22 bits per heavy atom. The fraction of sp³-hybridized carbons (Fsp3) is 0.455. The summed E-state index contributed by atoms with van der Waals surface area (Å²) in [6, 6.07) is 4.87. The SMILES string of the molecule is Nc1c(N2CCCOCC2)cccc1S(N)(=O)=O. The lowest BCUT2D eigenvalue weighted by Gasteiger charge is -2.24. The molecule has 4 N–H and O–H groups in total. The minimum absolute atomic E-state index is 0.0230. The van der Waals surface area contributed by atoms with Gasteiger partial charge in [0.2, 0.25) is 10.0 Å². The van der Waals surface area contributed by atoms with Crippen LogP contribution in [0.5, 0.6) is 0 Å². The molecule has 1 saturated heterocycles. The second-order valence-corrected chi connectivity index (χ2v) is 5.72. The summed E-state index contributed by atoms with van der Waals surface area (Å²) in [5, 5.41) is 5.14. The number of hydrogen-bond acceptors (Lipinski definition) is 5. The van der Waals surface area contributed by atoms with Crippen LogP contribution in [0.3, 0.4) is 0 Å². The van der Waals surface area contributed by atoms with Crippen LogP contribution in [0.4, 0.5) is 11.4 Å². The molecule has 0 amide bonds. The van der Waals surface area contributed by atoms with Gasteiger partial charge in [0.05, 0.1) is 18.0 Å². The van der Waals surface area contributed by atoms with Gasteiger partial charge in [0.25, 0.3) is 0 Å². The molecule has 7 heteroatoms. The normalized spacial score (nSPS) is 17.5. The van der Waals surface area contributed by atoms with E-state index in [-0.39, 0.29) is 10.6 Å². The van der Waals surface area contributed by atoms with E-state index >= 15 is 0 Å². The number of nitrogens with zero attached hydrogens (tertiary/aromatic N) is 1. The lowest BCUT2D eigenvalue weighted by molar-refractivity contribution is 0.152. The van der Waals surface area contributed by atoms with E-state index in [1.807, 2.05) is 4.90 Å². The lowest BCUT2D eigenvalue weighted by atomic mass is 10.2. The molecule has 1 aromatic rings. The van der Waals surface area contributed by atoms with Crippen LogP contribution in [0.15, 0.2) is 23.1 Å². The lowest BCUT2D eigenvalue weighted by Crippen LogP contribution is -2.27. The van der Waals surface area contributed by atoms with Crippen molar-refractivity contribution >= 4 is 21.4 Å². The van der Waals surface area contributed by atoms with Gasteiger partial charge in [-0.15, -0.1) is 0 Å². The van der Waals surface area contributed by atoms with Gasteiger partial charge in [-0.05, 0) is 18.6 Å². The van der Waals surface area contributed by atoms with Gasteiger partial charge in [-0.25, -0.2) is 13.6 Å². The molecule has 100 valence electrons. The van der Waals surface area contributed by atoms with E-state index in [0.29, 0.717) is 25.4 Å². The van der Waals surface area contributed by atoms with E-state index in [0.717, 1.165) is 13.0 Å². The number of nitrogens with two attached hydrogens (primary N) is 2. The number of nitrogen functional groups attached to an aromatic ring is 1. The molecule has 0 aromatic heterocycles. The highest BCUT2D eigenvalue weighted by molar-refractivity contribution is 7.89. The highest BCUT2D eigenvalue weighted by Crippen LogP contribution is 2.29. The summed E-state index contributed by atoms with van der Waals surface area (Å²) < 4.78 is 28.2. The molecular weight excluding hydrogens is 254 g/mol. The first-order chi connectivity index (χ1) is 8.50. The van der Waals surface area contributed by atoms with Crippen LogP contribution < -0.4 is 15.8 Å². The van der Waals surface area contributed by atoms with Crippen LogP contribution in [0, 0.1) is 0 Å². The first-order valence-corrected chi connectivity index (χ1v) is 7.29. The quantitative estimate of drug-likeness (QED) is 0.746. The molecule has 0 atom stereocenters. The number of para-hydroxylation sites is 1. The highest BCUT2D eigenvalue weighted by Gasteiger charge is 2.19. The van der Waals surface area contributed by atoms with Crippen molar-refractivity contribution in [3.05, 3.63) is 18.2 Å². The van der Waals surface area contributed by atoms with Crippen LogP contribution in [0.1, 0.15) is 6.42 Å². The van der Waals surface area contributed by atoms with Crippen molar-refractivity contribution in [1.29, 1.82) is 0 Å². The Balaban J connectivity index is 2.39. The summed E-state index contributed by atoms with van der Waals surface area (Å²) in [5.41, 5.74) is 6.82. The van der Waals surface area contributed by atoms with Crippen LogP contribution in [-0.4, -0.2) is 34.7 Å². The second-order valence-electron chi connectivity index (χ2n) is 4.19. The number of hydrogen-bond donors (Lipinski definition) is 2. The fourth-order valence-corrected chi connectivity index (χ4v) is 2.72. The molecule has 2 rings (SSSR count). The third-order valence-electron chi connectivity index (χ3n) is 2.91. The molecule has 0 saturated carbocycles. The van der Waals surface area contributed by atoms with Crippen LogP contribution in [0.25, 0.3) is 0 Å². The minimum Gasteiger partial charge on any atom is -0.396 e. The summed E-state index contributed by atoms with van der Waals surface area (Å²) in [6.07, 6.45) is 0.888. The maximum Gasteiger partial charge on any atom is 0.240 e. The Kier molecular flexibility index (Phi) is 3.74. The Morgan fingerprint density at radius 3 is 2.72 bits per heavy atom. The Bertz CT molecular complexity index is 522. The Morgan fingerprint density at radius 2 is 2.00 bits per heavy atom. The second kappa shape index (κ2) is 5.13. The molecule has 6 nitrogen and oxygen atoms in total. The topological polar surface area (TPSA) is 98.6 Å². The van der Waals surface area contributed by atoms with Crippen LogP contribution in [0.2, 0.25) is 0 Å². The smallest absolute Gasteiger partial charge is 0.240 e. The summed E-state index contributed by atoms with van der Waals surface area (Å²) >= 11 is 0. The van der Waals surface area contributed by atoms with Gasteiger partial charge in [-0.2, -0.15) is 0 Å².